The summed E-state index contributed by atoms with van der Waals surface area (Å²) in [5.41, 5.74) is 10.3. The van der Waals surface area contributed by atoms with Gasteiger partial charge in [-0.15, -0.1) is 0 Å². The number of nitrogens with two attached hydrogens (primary N) is 1. The molecule has 1 amide bonds. The van der Waals surface area contributed by atoms with Gasteiger partial charge in [0.05, 0.1) is 0 Å². The zero-order valence-electron chi connectivity index (χ0n) is 14.6. The van der Waals surface area contributed by atoms with Crippen LogP contribution in [0.2, 0.25) is 0 Å². The lowest BCUT2D eigenvalue weighted by Gasteiger charge is -2.37. The summed E-state index contributed by atoms with van der Waals surface area (Å²) in [5, 5.41) is 1.95. The second kappa shape index (κ2) is 6.93. The normalized spacial score (nSPS) is 14.5. The largest absolute Gasteiger partial charge is 0.368 e. The van der Waals surface area contributed by atoms with Crippen LogP contribution in [-0.4, -0.2) is 32.1 Å². The van der Waals surface area contributed by atoms with Crippen LogP contribution in [-0.2, 0) is 0 Å². The fourth-order valence-electron chi connectivity index (χ4n) is 3.41. The highest BCUT2D eigenvalue weighted by atomic mass is 16.3. The number of benzene rings is 2. The first-order valence-electron chi connectivity index (χ1n) is 8.39. The van der Waals surface area contributed by atoms with Crippen LogP contribution in [0.15, 0.2) is 36.4 Å². The zero-order chi connectivity index (χ0) is 18.0. The molecule has 6 heteroatoms. The lowest BCUT2D eigenvalue weighted by Crippen LogP contribution is -2.57. The number of primary amides is 1. The van der Waals surface area contributed by atoms with Gasteiger partial charge in [0.1, 0.15) is 5.69 Å². The van der Waals surface area contributed by atoms with Crippen LogP contribution in [0.5, 0.6) is 0 Å². The molecule has 0 radical (unpaired) electrons. The van der Waals surface area contributed by atoms with Gasteiger partial charge in [-0.1, -0.05) is 18.2 Å². The van der Waals surface area contributed by atoms with Gasteiger partial charge in [0.2, 0.25) is 5.91 Å². The van der Waals surface area contributed by atoms with Crippen molar-refractivity contribution in [2.75, 3.05) is 36.0 Å². The first-order chi connectivity index (χ1) is 12.0. The van der Waals surface area contributed by atoms with E-state index in [1.807, 2.05) is 24.2 Å². The van der Waals surface area contributed by atoms with Crippen molar-refractivity contribution >= 4 is 23.0 Å². The molecule has 0 unspecified atom stereocenters. The van der Waals surface area contributed by atoms with Gasteiger partial charge >= 0.3 is 0 Å². The Balaban J connectivity index is 1.81. The maximum Gasteiger partial charge on any atom is 0.277 e. The van der Waals surface area contributed by atoms with Gasteiger partial charge in [-0.2, -0.15) is 0 Å². The Kier molecular flexibility index (Phi) is 4.70. The highest BCUT2D eigenvalue weighted by Gasteiger charge is 2.24. The summed E-state index contributed by atoms with van der Waals surface area (Å²) in [5.74, 6) is -0.523. The molecule has 3 rings (SSSR count). The summed E-state index contributed by atoms with van der Waals surface area (Å²) < 4.78 is 0. The minimum Gasteiger partial charge on any atom is -0.368 e. The molecule has 1 fully saturated rings. The lowest BCUT2D eigenvalue weighted by molar-refractivity contribution is -0.378. The molecule has 0 atom stereocenters. The third-order valence-electron chi connectivity index (χ3n) is 4.79. The van der Waals surface area contributed by atoms with Gasteiger partial charge in [0, 0.05) is 53.6 Å². The molecule has 0 saturated carbocycles. The standard InChI is InChI=1S/C19H22N4O2/c1-13-5-3-4-6-17(13)22-7-9-23(10-8-22)18-11-14(2)15(19(20)24)12-16(18)21-25/h3-6,11-12H,7-10H2,1-2H3,(H2,20,24)/p+1. The Labute approximate surface area is 147 Å². The summed E-state index contributed by atoms with van der Waals surface area (Å²) >= 11 is 0. The number of anilines is 2. The average Bonchev–Trinajstić information content (AvgIpc) is 2.62. The van der Waals surface area contributed by atoms with Crippen molar-refractivity contribution in [2.24, 2.45) is 5.73 Å². The molecule has 1 aliphatic rings. The third-order valence-corrected chi connectivity index (χ3v) is 4.79. The molecule has 2 aromatic carbocycles. The van der Waals surface area contributed by atoms with E-state index < -0.39 is 5.91 Å². The molecule has 1 aliphatic heterocycles. The van der Waals surface area contributed by atoms with E-state index in [4.69, 9.17) is 5.73 Å². The van der Waals surface area contributed by atoms with Crippen molar-refractivity contribution in [2.45, 2.75) is 13.8 Å². The van der Waals surface area contributed by atoms with Gasteiger partial charge in [0.15, 0.2) is 0 Å². The third kappa shape index (κ3) is 3.33. The van der Waals surface area contributed by atoms with Gasteiger partial charge in [-0.05, 0) is 37.1 Å². The second-order valence-electron chi connectivity index (χ2n) is 6.41. The first-order valence-corrected chi connectivity index (χ1v) is 8.39. The first kappa shape index (κ1) is 17.0. The van der Waals surface area contributed by atoms with E-state index in [2.05, 4.69) is 34.9 Å². The van der Waals surface area contributed by atoms with Crippen LogP contribution in [0.25, 0.3) is 0 Å². The van der Waals surface area contributed by atoms with Crippen molar-refractivity contribution in [3.8, 4) is 0 Å². The molecular weight excluding hydrogens is 316 g/mol. The van der Waals surface area contributed by atoms with Crippen LogP contribution in [0.4, 0.5) is 17.1 Å². The molecule has 0 aliphatic carbocycles. The minimum absolute atomic E-state index is 0.376. The van der Waals surface area contributed by atoms with Crippen molar-refractivity contribution in [3.63, 3.8) is 0 Å². The number of para-hydroxylation sites is 1. The van der Waals surface area contributed by atoms with E-state index in [9.17, 15) is 9.70 Å². The summed E-state index contributed by atoms with van der Waals surface area (Å²) in [6.07, 6.45) is 0. The van der Waals surface area contributed by atoms with E-state index >= 15 is 0 Å². The minimum atomic E-state index is -0.523. The molecule has 0 aromatic heterocycles. The highest BCUT2D eigenvalue weighted by molar-refractivity contribution is 5.96. The van der Waals surface area contributed by atoms with E-state index in [0.717, 1.165) is 37.4 Å². The predicted molar refractivity (Wildman–Crippen MR) is 99.3 cm³/mol. The molecule has 1 heterocycles. The lowest BCUT2D eigenvalue weighted by atomic mass is 10.0. The molecule has 0 spiro atoms. The van der Waals surface area contributed by atoms with Gasteiger partial charge < -0.3 is 15.5 Å². The zero-order valence-corrected chi connectivity index (χ0v) is 14.6. The molecule has 2 aromatic rings. The van der Waals surface area contributed by atoms with Crippen LogP contribution in [0.3, 0.4) is 0 Å². The van der Waals surface area contributed by atoms with Crippen LogP contribution in [0, 0.1) is 18.8 Å². The number of nitrogens with zero attached hydrogens (tertiary/aromatic N) is 2. The van der Waals surface area contributed by atoms with Crippen molar-refractivity contribution in [1.82, 2.24) is 0 Å². The number of nitrogens with one attached hydrogen (secondary N) is 1. The highest BCUT2D eigenvalue weighted by Crippen LogP contribution is 2.28. The van der Waals surface area contributed by atoms with Crippen molar-refractivity contribution in [1.29, 1.82) is 0 Å². The van der Waals surface area contributed by atoms with E-state index in [0.29, 0.717) is 11.3 Å². The molecule has 0 bridgehead atoms. The van der Waals surface area contributed by atoms with Gasteiger partial charge in [-0.3, -0.25) is 4.79 Å². The van der Waals surface area contributed by atoms with Crippen LogP contribution in [0.1, 0.15) is 21.5 Å². The number of aryl methyl sites for hydroxylation is 2. The Morgan fingerprint density at radius 1 is 0.960 bits per heavy atom. The topological polar surface area (TPSA) is 80.6 Å². The Morgan fingerprint density at radius 3 is 2.12 bits per heavy atom. The SMILES string of the molecule is Cc1cc(N2CCN(c3ccccc3C)CC2)c([NH+]=O)cc1C(N)=O. The van der Waals surface area contributed by atoms with E-state index in [-0.39, 0.29) is 0 Å². The maximum atomic E-state index is 11.5. The monoisotopic (exact) mass is 339 g/mol. The molecular formula is C19H23N4O2+. The molecule has 1 saturated heterocycles. The summed E-state index contributed by atoms with van der Waals surface area (Å²) in [6, 6.07) is 11.8. The summed E-state index contributed by atoms with van der Waals surface area (Å²) in [6.45, 7) is 7.31. The number of nitroso groups, excluding NO2 is 1. The quantitative estimate of drug-likeness (QED) is 0.877. The maximum absolute atomic E-state index is 11.5. The Hall–Kier alpha value is -2.89. The second-order valence-corrected chi connectivity index (χ2v) is 6.41. The average molecular weight is 339 g/mol. The Morgan fingerprint density at radius 2 is 1.56 bits per heavy atom. The predicted octanol–water partition coefficient (Wildman–Crippen LogP) is 1.21. The summed E-state index contributed by atoms with van der Waals surface area (Å²) in [7, 11) is 0. The fraction of sp³-hybridized carbons (Fsp3) is 0.316. The smallest absolute Gasteiger partial charge is 0.277 e. The number of carbonyl (C=O) groups excluding carboxylic acids is 1. The molecule has 130 valence electrons. The number of hydrogen-bond donors (Lipinski definition) is 2. The van der Waals surface area contributed by atoms with Crippen molar-refractivity contribution < 1.29 is 9.97 Å². The Bertz CT molecular complexity index is 811. The number of amides is 1. The van der Waals surface area contributed by atoms with E-state index in [1.165, 1.54) is 11.3 Å². The van der Waals surface area contributed by atoms with Crippen LogP contribution >= 0.6 is 0 Å². The van der Waals surface area contributed by atoms with Gasteiger partial charge in [0.25, 0.3) is 5.69 Å². The molecule has 25 heavy (non-hydrogen) atoms. The number of rotatable bonds is 4. The van der Waals surface area contributed by atoms with E-state index in [1.54, 1.807) is 6.07 Å². The number of hydrogen-bond acceptors (Lipinski definition) is 4. The van der Waals surface area contributed by atoms with Crippen LogP contribution < -0.4 is 20.7 Å². The number of carbonyl (C=O) groups is 1. The fourth-order valence-corrected chi connectivity index (χ4v) is 3.41. The molecule has 6 nitrogen and oxygen atoms in total. The molecule has 3 N–H and O–H groups in total. The summed E-state index contributed by atoms with van der Waals surface area (Å²) in [4.78, 5) is 27.4. The van der Waals surface area contributed by atoms with Crippen molar-refractivity contribution in [3.05, 3.63) is 58.0 Å². The number of piperazine rings is 1. The van der Waals surface area contributed by atoms with Gasteiger partial charge in [-0.25, -0.2) is 0 Å².